The van der Waals surface area contributed by atoms with Gasteiger partial charge in [0.15, 0.2) is 0 Å². The Morgan fingerprint density at radius 3 is 1.19 bits per heavy atom. The van der Waals surface area contributed by atoms with Crippen LogP contribution >= 0.6 is 0 Å². The van der Waals surface area contributed by atoms with Gasteiger partial charge in [0.2, 0.25) is 0 Å². The zero-order valence-electron chi connectivity index (χ0n) is 10.0. The quantitative estimate of drug-likeness (QED) is 0.399. The number of unbranched alkanes of at least 4 members (excludes halogenated alkanes) is 5. The summed E-state index contributed by atoms with van der Waals surface area (Å²) in [5.74, 6) is 0. The van der Waals surface area contributed by atoms with Gasteiger partial charge in [-0.2, -0.15) is 0 Å². The Labute approximate surface area is 97.9 Å². The molecule has 0 saturated carbocycles. The second-order valence-electron chi connectivity index (χ2n) is 4.37. The van der Waals surface area contributed by atoms with Gasteiger partial charge in [0, 0.05) is 0 Å². The van der Waals surface area contributed by atoms with Crippen molar-refractivity contribution < 1.29 is 20.4 Å². The molecule has 0 unspecified atom stereocenters. The normalized spacial score (nSPS) is 15.0. The van der Waals surface area contributed by atoms with E-state index in [0.29, 0.717) is 12.8 Å². The molecule has 0 aromatic carbocycles. The van der Waals surface area contributed by atoms with Gasteiger partial charge in [0.1, 0.15) is 0 Å². The van der Waals surface area contributed by atoms with E-state index in [1.165, 1.54) is 0 Å². The lowest BCUT2D eigenvalue weighted by molar-refractivity contribution is 0.0850. The summed E-state index contributed by atoms with van der Waals surface area (Å²) in [6, 6.07) is 0. The summed E-state index contributed by atoms with van der Waals surface area (Å²) in [5.41, 5.74) is 0. The average Bonchev–Trinajstić information content (AvgIpc) is 2.31. The van der Waals surface area contributed by atoms with Crippen molar-refractivity contribution in [3.05, 3.63) is 0 Å². The van der Waals surface area contributed by atoms with E-state index in [0.717, 1.165) is 38.5 Å². The van der Waals surface area contributed by atoms with Gasteiger partial charge in [-0.05, 0) is 12.8 Å². The van der Waals surface area contributed by atoms with Crippen molar-refractivity contribution in [2.24, 2.45) is 0 Å². The van der Waals surface area contributed by atoms with Crippen molar-refractivity contribution in [2.45, 2.75) is 63.6 Å². The predicted molar refractivity (Wildman–Crippen MR) is 63.1 cm³/mol. The van der Waals surface area contributed by atoms with Crippen LogP contribution in [-0.4, -0.2) is 45.8 Å². The highest BCUT2D eigenvalue weighted by Crippen LogP contribution is 2.10. The van der Waals surface area contributed by atoms with E-state index in [1.54, 1.807) is 0 Å². The summed E-state index contributed by atoms with van der Waals surface area (Å²) >= 11 is 0. The van der Waals surface area contributed by atoms with E-state index < -0.39 is 12.2 Å². The predicted octanol–water partition coefficient (Wildman–Crippen LogP) is 0.814. The van der Waals surface area contributed by atoms with E-state index in [1.807, 2.05) is 0 Å². The minimum atomic E-state index is -0.556. The van der Waals surface area contributed by atoms with Gasteiger partial charge >= 0.3 is 0 Å². The lowest BCUT2D eigenvalue weighted by Gasteiger charge is -2.07. The van der Waals surface area contributed by atoms with E-state index in [2.05, 4.69) is 0 Å². The molecule has 0 saturated heterocycles. The van der Waals surface area contributed by atoms with Crippen LogP contribution in [-0.2, 0) is 0 Å². The fourth-order valence-corrected chi connectivity index (χ4v) is 1.65. The molecule has 0 amide bonds. The van der Waals surface area contributed by atoms with Crippen molar-refractivity contribution in [3.8, 4) is 0 Å². The summed E-state index contributed by atoms with van der Waals surface area (Å²) in [7, 11) is 0. The largest absolute Gasteiger partial charge is 0.394 e. The third kappa shape index (κ3) is 10.4. The molecule has 4 nitrogen and oxygen atoms in total. The maximum Gasteiger partial charge on any atom is 0.0770 e. The number of rotatable bonds is 11. The van der Waals surface area contributed by atoms with E-state index in [-0.39, 0.29) is 13.2 Å². The Morgan fingerprint density at radius 1 is 0.562 bits per heavy atom. The first-order valence-corrected chi connectivity index (χ1v) is 6.28. The van der Waals surface area contributed by atoms with Gasteiger partial charge in [-0.3, -0.25) is 0 Å². The molecular weight excluding hydrogens is 208 g/mol. The highest BCUT2D eigenvalue weighted by Gasteiger charge is 2.02. The first-order chi connectivity index (χ1) is 7.70. The van der Waals surface area contributed by atoms with E-state index >= 15 is 0 Å². The van der Waals surface area contributed by atoms with Crippen LogP contribution in [0.3, 0.4) is 0 Å². The highest BCUT2D eigenvalue weighted by atomic mass is 16.3. The smallest absolute Gasteiger partial charge is 0.0770 e. The molecule has 98 valence electrons. The third-order valence-electron chi connectivity index (χ3n) is 2.75. The van der Waals surface area contributed by atoms with Crippen molar-refractivity contribution in [1.29, 1.82) is 0 Å². The van der Waals surface area contributed by atoms with Crippen LogP contribution in [0, 0.1) is 0 Å². The maximum atomic E-state index is 9.09. The molecule has 0 bridgehead atoms. The molecule has 0 aromatic rings. The fourth-order valence-electron chi connectivity index (χ4n) is 1.65. The Balaban J connectivity index is 3.04. The minimum Gasteiger partial charge on any atom is -0.394 e. The van der Waals surface area contributed by atoms with Crippen LogP contribution in [0.5, 0.6) is 0 Å². The Bertz CT molecular complexity index is 125. The van der Waals surface area contributed by atoms with Crippen LogP contribution in [0.2, 0.25) is 0 Å². The second kappa shape index (κ2) is 11.3. The summed E-state index contributed by atoms with van der Waals surface area (Å²) in [4.78, 5) is 0. The van der Waals surface area contributed by atoms with Crippen LogP contribution in [0.4, 0.5) is 0 Å². The molecule has 0 fully saturated rings. The molecule has 0 aliphatic rings. The summed E-state index contributed by atoms with van der Waals surface area (Å²) in [6.07, 6.45) is 6.60. The van der Waals surface area contributed by atoms with Gasteiger partial charge in [0.05, 0.1) is 25.4 Å². The standard InChI is InChI=1S/C12H26O4/c13-9-11(15)7-5-3-1-2-4-6-8-12(16)10-14/h11-16H,1-10H2/t11-,12-/m0/s1. The van der Waals surface area contributed by atoms with Crippen LogP contribution in [0.25, 0.3) is 0 Å². The molecule has 16 heavy (non-hydrogen) atoms. The Hall–Kier alpha value is -0.160. The van der Waals surface area contributed by atoms with Gasteiger partial charge in [-0.25, -0.2) is 0 Å². The molecule has 0 spiro atoms. The highest BCUT2D eigenvalue weighted by molar-refractivity contribution is 4.55. The minimum absolute atomic E-state index is 0.140. The lowest BCUT2D eigenvalue weighted by atomic mass is 10.1. The molecule has 0 aliphatic carbocycles. The van der Waals surface area contributed by atoms with Crippen molar-refractivity contribution in [3.63, 3.8) is 0 Å². The first-order valence-electron chi connectivity index (χ1n) is 6.28. The first kappa shape index (κ1) is 15.8. The van der Waals surface area contributed by atoms with Gasteiger partial charge in [-0.15, -0.1) is 0 Å². The molecule has 0 rings (SSSR count). The second-order valence-corrected chi connectivity index (χ2v) is 4.37. The average molecular weight is 234 g/mol. The zero-order chi connectivity index (χ0) is 12.2. The number of aliphatic hydroxyl groups excluding tert-OH is 4. The lowest BCUT2D eigenvalue weighted by Crippen LogP contribution is -2.11. The van der Waals surface area contributed by atoms with Gasteiger partial charge in [-0.1, -0.05) is 38.5 Å². The summed E-state index contributed by atoms with van der Waals surface area (Å²) in [6.45, 7) is -0.280. The molecule has 4 heteroatoms. The van der Waals surface area contributed by atoms with Gasteiger partial charge in [0.25, 0.3) is 0 Å². The zero-order valence-corrected chi connectivity index (χ0v) is 10.0. The van der Waals surface area contributed by atoms with Crippen LogP contribution < -0.4 is 0 Å². The van der Waals surface area contributed by atoms with Crippen molar-refractivity contribution >= 4 is 0 Å². The summed E-state index contributed by atoms with van der Waals surface area (Å²) in [5, 5.41) is 35.3. The molecular formula is C12H26O4. The molecule has 2 atom stereocenters. The van der Waals surface area contributed by atoms with Crippen LogP contribution in [0.15, 0.2) is 0 Å². The fraction of sp³-hybridized carbons (Fsp3) is 1.00. The monoisotopic (exact) mass is 234 g/mol. The van der Waals surface area contributed by atoms with E-state index in [4.69, 9.17) is 20.4 Å². The SMILES string of the molecule is OC[C@@H](O)CCCCCCCC[C@H](O)CO. The summed E-state index contributed by atoms with van der Waals surface area (Å²) < 4.78 is 0. The van der Waals surface area contributed by atoms with Crippen LogP contribution in [0.1, 0.15) is 51.4 Å². The number of hydrogen-bond donors (Lipinski definition) is 4. The van der Waals surface area contributed by atoms with E-state index in [9.17, 15) is 0 Å². The molecule has 0 aromatic heterocycles. The number of hydrogen-bond acceptors (Lipinski definition) is 4. The third-order valence-corrected chi connectivity index (χ3v) is 2.75. The Kier molecular flexibility index (Phi) is 11.2. The van der Waals surface area contributed by atoms with Crippen molar-refractivity contribution in [2.75, 3.05) is 13.2 Å². The molecule has 0 heterocycles. The van der Waals surface area contributed by atoms with Gasteiger partial charge < -0.3 is 20.4 Å². The molecule has 0 aliphatic heterocycles. The Morgan fingerprint density at radius 2 is 0.875 bits per heavy atom. The topological polar surface area (TPSA) is 80.9 Å². The number of aliphatic hydroxyl groups is 4. The maximum absolute atomic E-state index is 9.09. The molecule has 0 radical (unpaired) electrons. The molecule has 4 N–H and O–H groups in total. The van der Waals surface area contributed by atoms with Crippen molar-refractivity contribution in [1.82, 2.24) is 0 Å².